The molecule has 1 aliphatic rings. The maximum Gasteiger partial charge on any atom is 0.128 e. The van der Waals surface area contributed by atoms with E-state index in [1.807, 2.05) is 19.9 Å². The Hall–Kier alpha value is -0.740. The van der Waals surface area contributed by atoms with Crippen molar-refractivity contribution in [3.63, 3.8) is 0 Å². The van der Waals surface area contributed by atoms with Crippen LogP contribution >= 0.6 is 0 Å². The molecule has 0 bridgehead atoms. The van der Waals surface area contributed by atoms with Crippen molar-refractivity contribution in [3.05, 3.63) is 35.6 Å². The molecule has 4 heteroatoms. The van der Waals surface area contributed by atoms with Crippen LogP contribution in [-0.4, -0.2) is 21.3 Å². The third-order valence-electron chi connectivity index (χ3n) is 3.39. The third kappa shape index (κ3) is 2.58. The van der Waals surface area contributed by atoms with Gasteiger partial charge in [-0.25, -0.2) is 4.39 Å². The summed E-state index contributed by atoms with van der Waals surface area (Å²) in [5, 5.41) is 3.43. The van der Waals surface area contributed by atoms with E-state index in [9.17, 15) is 8.60 Å². The molecule has 1 N–H and O–H groups in total. The predicted molar refractivity (Wildman–Crippen MR) is 68.8 cm³/mol. The fourth-order valence-electron chi connectivity index (χ4n) is 2.31. The lowest BCUT2D eigenvalue weighted by molar-refractivity contribution is 0.499. The summed E-state index contributed by atoms with van der Waals surface area (Å²) in [5.41, 5.74) is 0.627. The lowest BCUT2D eigenvalue weighted by atomic mass is 10.0. The van der Waals surface area contributed by atoms with Crippen molar-refractivity contribution in [2.45, 2.75) is 36.8 Å². The third-order valence-corrected chi connectivity index (χ3v) is 5.42. The van der Waals surface area contributed by atoms with Crippen LogP contribution in [0, 0.1) is 5.82 Å². The molecule has 1 aromatic rings. The van der Waals surface area contributed by atoms with Gasteiger partial charge in [0.2, 0.25) is 0 Å². The van der Waals surface area contributed by atoms with Crippen molar-refractivity contribution in [2.24, 2.45) is 0 Å². The maximum atomic E-state index is 13.8. The Labute approximate surface area is 104 Å². The van der Waals surface area contributed by atoms with Gasteiger partial charge in [-0.05, 0) is 26.0 Å². The molecule has 0 aromatic heterocycles. The molecule has 0 amide bonds. The second-order valence-corrected chi connectivity index (χ2v) is 6.79. The molecule has 4 atom stereocenters. The first-order valence-corrected chi connectivity index (χ1v) is 7.26. The van der Waals surface area contributed by atoms with Gasteiger partial charge in [-0.3, -0.25) is 4.21 Å². The van der Waals surface area contributed by atoms with E-state index in [0.29, 0.717) is 5.56 Å². The highest BCUT2D eigenvalue weighted by atomic mass is 32.2. The summed E-state index contributed by atoms with van der Waals surface area (Å²) in [6.07, 6.45) is 0.877. The van der Waals surface area contributed by atoms with Gasteiger partial charge in [-0.15, -0.1) is 0 Å². The van der Waals surface area contributed by atoms with E-state index in [1.165, 1.54) is 6.07 Å². The summed E-state index contributed by atoms with van der Waals surface area (Å²) >= 11 is 0. The van der Waals surface area contributed by atoms with Crippen LogP contribution in [0.15, 0.2) is 24.3 Å². The fourth-order valence-corrected chi connectivity index (χ4v) is 3.91. The Balaban J connectivity index is 2.32. The molecule has 0 spiro atoms. The molecule has 94 valence electrons. The van der Waals surface area contributed by atoms with Gasteiger partial charge >= 0.3 is 0 Å². The van der Waals surface area contributed by atoms with Crippen molar-refractivity contribution in [1.82, 2.24) is 5.32 Å². The van der Waals surface area contributed by atoms with Gasteiger partial charge in [-0.2, -0.15) is 0 Å². The zero-order valence-electron chi connectivity index (χ0n) is 10.2. The summed E-state index contributed by atoms with van der Waals surface area (Å²) in [4.78, 5) is 0. The zero-order valence-corrected chi connectivity index (χ0v) is 11.0. The van der Waals surface area contributed by atoms with Crippen LogP contribution in [-0.2, 0) is 10.8 Å². The Morgan fingerprint density at radius 3 is 2.76 bits per heavy atom. The minimum atomic E-state index is -0.915. The molecular formula is C13H18FNOS. The van der Waals surface area contributed by atoms with Crippen molar-refractivity contribution >= 4 is 10.8 Å². The molecule has 4 unspecified atom stereocenters. The molecule has 1 saturated heterocycles. The van der Waals surface area contributed by atoms with Crippen LogP contribution in [0.3, 0.4) is 0 Å². The van der Waals surface area contributed by atoms with Crippen LogP contribution in [0.4, 0.5) is 4.39 Å². The molecular weight excluding hydrogens is 237 g/mol. The second-order valence-electron chi connectivity index (χ2n) is 4.59. The smallest absolute Gasteiger partial charge is 0.128 e. The van der Waals surface area contributed by atoms with E-state index < -0.39 is 10.8 Å². The Morgan fingerprint density at radius 2 is 2.06 bits per heavy atom. The van der Waals surface area contributed by atoms with Crippen molar-refractivity contribution in [1.29, 1.82) is 0 Å². The van der Waals surface area contributed by atoms with Gasteiger partial charge in [0.1, 0.15) is 5.82 Å². The molecule has 1 aliphatic heterocycles. The first kappa shape index (κ1) is 12.7. The van der Waals surface area contributed by atoms with E-state index in [2.05, 4.69) is 5.32 Å². The topological polar surface area (TPSA) is 29.1 Å². The van der Waals surface area contributed by atoms with E-state index in [0.717, 1.165) is 13.0 Å². The van der Waals surface area contributed by atoms with Crippen molar-refractivity contribution < 1.29 is 8.60 Å². The van der Waals surface area contributed by atoms with E-state index in [-0.39, 0.29) is 22.4 Å². The van der Waals surface area contributed by atoms with Gasteiger partial charge in [0.25, 0.3) is 0 Å². The molecule has 0 aliphatic carbocycles. The highest BCUT2D eigenvalue weighted by Gasteiger charge is 2.31. The van der Waals surface area contributed by atoms with Crippen LogP contribution in [0.5, 0.6) is 0 Å². The van der Waals surface area contributed by atoms with Gasteiger partial charge < -0.3 is 5.32 Å². The monoisotopic (exact) mass is 255 g/mol. The first-order chi connectivity index (χ1) is 8.11. The molecule has 1 heterocycles. The fraction of sp³-hybridized carbons (Fsp3) is 0.538. The molecule has 17 heavy (non-hydrogen) atoms. The predicted octanol–water partition coefficient (Wildman–Crippen LogP) is 2.39. The number of hydrogen-bond acceptors (Lipinski definition) is 2. The van der Waals surface area contributed by atoms with E-state index in [4.69, 9.17) is 0 Å². The highest BCUT2D eigenvalue weighted by molar-refractivity contribution is 7.86. The molecule has 0 saturated carbocycles. The average molecular weight is 255 g/mol. The lowest BCUT2D eigenvalue weighted by Gasteiger charge is -2.23. The normalized spacial score (nSPS) is 34.3. The minimum absolute atomic E-state index is 0.0654. The lowest BCUT2D eigenvalue weighted by Crippen LogP contribution is -2.32. The van der Waals surface area contributed by atoms with E-state index in [1.54, 1.807) is 12.1 Å². The van der Waals surface area contributed by atoms with Gasteiger partial charge in [0.15, 0.2) is 0 Å². The standard InChI is InChI=1S/C13H18FNOS/c1-9-7-8-15-13(10(2)17(9)16)11-5-3-4-6-12(11)14/h3-6,9-10,13,15H,7-8H2,1-2H3. The first-order valence-electron chi connectivity index (χ1n) is 5.98. The molecule has 2 rings (SSSR count). The summed E-state index contributed by atoms with van der Waals surface area (Å²) in [7, 11) is -0.915. The number of rotatable bonds is 1. The number of hydrogen-bond donors (Lipinski definition) is 1. The zero-order chi connectivity index (χ0) is 12.4. The molecule has 1 aromatic carbocycles. The van der Waals surface area contributed by atoms with Gasteiger partial charge in [0, 0.05) is 27.7 Å². The van der Waals surface area contributed by atoms with Gasteiger partial charge in [-0.1, -0.05) is 25.1 Å². The molecule has 1 fully saturated rings. The quantitative estimate of drug-likeness (QED) is 0.835. The number of benzene rings is 1. The van der Waals surface area contributed by atoms with Crippen LogP contribution in [0.25, 0.3) is 0 Å². The van der Waals surface area contributed by atoms with Gasteiger partial charge in [0.05, 0.1) is 5.25 Å². The second kappa shape index (κ2) is 5.27. The minimum Gasteiger partial charge on any atom is -0.309 e. The average Bonchev–Trinajstić information content (AvgIpc) is 2.44. The van der Waals surface area contributed by atoms with E-state index >= 15 is 0 Å². The van der Waals surface area contributed by atoms with Crippen LogP contribution < -0.4 is 5.32 Å². The van der Waals surface area contributed by atoms with Crippen LogP contribution in [0.2, 0.25) is 0 Å². The molecule has 2 nitrogen and oxygen atoms in total. The largest absolute Gasteiger partial charge is 0.309 e. The Morgan fingerprint density at radius 1 is 1.35 bits per heavy atom. The van der Waals surface area contributed by atoms with Crippen molar-refractivity contribution in [2.75, 3.05) is 6.54 Å². The Bertz CT molecular complexity index is 424. The SMILES string of the molecule is CC1CCNC(c2ccccc2F)C(C)S1=O. The summed E-state index contributed by atoms with van der Waals surface area (Å²) in [6.45, 7) is 4.72. The number of nitrogens with one attached hydrogen (secondary N) is 1. The highest BCUT2D eigenvalue weighted by Crippen LogP contribution is 2.27. The summed E-state index contributed by atoms with van der Waals surface area (Å²) < 4.78 is 26.0. The van der Waals surface area contributed by atoms with Crippen LogP contribution in [0.1, 0.15) is 31.9 Å². The summed E-state index contributed by atoms with van der Waals surface area (Å²) in [5.74, 6) is -0.219. The Kier molecular flexibility index (Phi) is 3.94. The molecule has 0 radical (unpaired) electrons. The van der Waals surface area contributed by atoms with Crippen molar-refractivity contribution in [3.8, 4) is 0 Å². The maximum absolute atomic E-state index is 13.8. The number of halogens is 1. The summed E-state index contributed by atoms with van der Waals surface area (Å²) in [6, 6.07) is 6.59.